The zero-order valence-electron chi connectivity index (χ0n) is 12.8. The van der Waals surface area contributed by atoms with Crippen LogP contribution in [0.2, 0.25) is 0 Å². The number of aromatic nitrogens is 2. The summed E-state index contributed by atoms with van der Waals surface area (Å²) in [4.78, 5) is 24.5. The molecule has 0 spiro atoms. The number of benzene rings is 1. The van der Waals surface area contributed by atoms with Crippen LogP contribution in [0.5, 0.6) is 0 Å². The number of rotatable bonds is 2. The van der Waals surface area contributed by atoms with Gasteiger partial charge >= 0.3 is 0 Å². The van der Waals surface area contributed by atoms with Crippen molar-refractivity contribution in [3.8, 4) is 0 Å². The molecule has 3 heterocycles. The zero-order chi connectivity index (χ0) is 15.6. The number of nitrogens with one attached hydrogen (secondary N) is 1. The Kier molecular flexibility index (Phi) is 3.46. The van der Waals surface area contributed by atoms with Gasteiger partial charge in [-0.1, -0.05) is 24.3 Å². The van der Waals surface area contributed by atoms with Crippen LogP contribution < -0.4 is 4.90 Å². The molecule has 1 saturated heterocycles. The largest absolute Gasteiger partial charge is 0.360 e. The third kappa shape index (κ3) is 2.54. The molecule has 23 heavy (non-hydrogen) atoms. The second kappa shape index (κ2) is 5.76. The molecule has 5 heteroatoms. The summed E-state index contributed by atoms with van der Waals surface area (Å²) in [6.45, 7) is 3.06. The van der Waals surface area contributed by atoms with Gasteiger partial charge in [-0.15, -0.1) is 0 Å². The number of para-hydroxylation sites is 1. The van der Waals surface area contributed by atoms with E-state index in [0.717, 1.165) is 48.5 Å². The van der Waals surface area contributed by atoms with Crippen molar-refractivity contribution >= 4 is 22.6 Å². The van der Waals surface area contributed by atoms with Gasteiger partial charge in [-0.05, 0) is 18.2 Å². The number of anilines is 1. The van der Waals surface area contributed by atoms with Crippen LogP contribution in [-0.4, -0.2) is 47.0 Å². The molecule has 0 unspecified atom stereocenters. The lowest BCUT2D eigenvalue weighted by molar-refractivity contribution is 0.0748. The Morgan fingerprint density at radius 2 is 1.78 bits per heavy atom. The molecule has 3 aromatic rings. The highest BCUT2D eigenvalue weighted by Gasteiger charge is 2.24. The molecule has 0 atom stereocenters. The minimum Gasteiger partial charge on any atom is -0.360 e. The first-order chi connectivity index (χ1) is 11.3. The van der Waals surface area contributed by atoms with Crippen molar-refractivity contribution in [3.05, 3.63) is 60.4 Å². The van der Waals surface area contributed by atoms with Crippen LogP contribution in [0.4, 0.5) is 5.82 Å². The highest BCUT2D eigenvalue weighted by Crippen LogP contribution is 2.21. The van der Waals surface area contributed by atoms with Gasteiger partial charge in [0.25, 0.3) is 5.91 Å². The summed E-state index contributed by atoms with van der Waals surface area (Å²) >= 11 is 0. The molecule has 0 aliphatic carbocycles. The van der Waals surface area contributed by atoms with Crippen molar-refractivity contribution in [3.63, 3.8) is 0 Å². The van der Waals surface area contributed by atoms with Gasteiger partial charge in [-0.3, -0.25) is 4.79 Å². The van der Waals surface area contributed by atoms with E-state index >= 15 is 0 Å². The Morgan fingerprint density at radius 1 is 1.00 bits per heavy atom. The standard InChI is InChI=1S/C18H18N4O/c23-18(15-13-20-16-6-2-1-5-14(15)16)22-11-9-21(10-12-22)17-7-3-4-8-19-17/h1-8,13,20H,9-12H2. The summed E-state index contributed by atoms with van der Waals surface area (Å²) in [7, 11) is 0. The van der Waals surface area contributed by atoms with Crippen LogP contribution in [0.3, 0.4) is 0 Å². The SMILES string of the molecule is O=C(c1c[nH]c2ccccc12)N1CCN(c2ccccn2)CC1. The van der Waals surface area contributed by atoms with Gasteiger partial charge in [0.15, 0.2) is 0 Å². The number of nitrogens with zero attached hydrogens (tertiary/aromatic N) is 3. The van der Waals surface area contributed by atoms with Crippen molar-refractivity contribution in [2.45, 2.75) is 0 Å². The Bertz CT molecular complexity index is 819. The monoisotopic (exact) mass is 306 g/mol. The zero-order valence-corrected chi connectivity index (χ0v) is 12.8. The highest BCUT2D eigenvalue weighted by atomic mass is 16.2. The lowest BCUT2D eigenvalue weighted by atomic mass is 10.1. The number of H-pyrrole nitrogens is 1. The molecule has 0 radical (unpaired) electrons. The quantitative estimate of drug-likeness (QED) is 0.791. The van der Waals surface area contributed by atoms with E-state index < -0.39 is 0 Å². The van der Waals surface area contributed by atoms with E-state index in [-0.39, 0.29) is 5.91 Å². The number of hydrogen-bond donors (Lipinski definition) is 1. The van der Waals surface area contributed by atoms with Crippen molar-refractivity contribution in [2.24, 2.45) is 0 Å². The second-order valence-electron chi connectivity index (χ2n) is 5.72. The van der Waals surface area contributed by atoms with E-state index in [0.29, 0.717) is 0 Å². The van der Waals surface area contributed by atoms with Crippen LogP contribution in [-0.2, 0) is 0 Å². The number of carbonyl (C=O) groups excluding carboxylic acids is 1. The predicted molar refractivity (Wildman–Crippen MR) is 90.7 cm³/mol. The van der Waals surface area contributed by atoms with Crippen LogP contribution in [0.15, 0.2) is 54.9 Å². The fourth-order valence-corrected chi connectivity index (χ4v) is 3.10. The second-order valence-corrected chi connectivity index (χ2v) is 5.72. The van der Waals surface area contributed by atoms with Crippen molar-refractivity contribution in [1.29, 1.82) is 0 Å². The van der Waals surface area contributed by atoms with Gasteiger partial charge in [0.2, 0.25) is 0 Å². The summed E-state index contributed by atoms with van der Waals surface area (Å²) in [6, 6.07) is 13.8. The van der Waals surface area contributed by atoms with Crippen molar-refractivity contribution < 1.29 is 4.79 Å². The van der Waals surface area contributed by atoms with E-state index in [1.54, 1.807) is 6.20 Å². The van der Waals surface area contributed by atoms with Crippen LogP contribution >= 0.6 is 0 Å². The van der Waals surface area contributed by atoms with Crippen LogP contribution in [0.25, 0.3) is 10.9 Å². The lowest BCUT2D eigenvalue weighted by Gasteiger charge is -2.35. The number of amides is 1. The molecular formula is C18H18N4O. The van der Waals surface area contributed by atoms with Gasteiger partial charge in [-0.25, -0.2) is 4.98 Å². The molecule has 0 saturated carbocycles. The molecule has 4 rings (SSSR count). The van der Waals surface area contributed by atoms with E-state index in [4.69, 9.17) is 0 Å². The molecule has 1 aliphatic heterocycles. The Balaban J connectivity index is 1.49. The third-order valence-corrected chi connectivity index (χ3v) is 4.36. The Hall–Kier alpha value is -2.82. The maximum atomic E-state index is 12.8. The summed E-state index contributed by atoms with van der Waals surface area (Å²) in [5.74, 6) is 1.08. The summed E-state index contributed by atoms with van der Waals surface area (Å²) in [5, 5.41) is 0.990. The molecule has 1 fully saturated rings. The maximum absolute atomic E-state index is 12.8. The van der Waals surface area contributed by atoms with Gasteiger partial charge in [-0.2, -0.15) is 0 Å². The Morgan fingerprint density at radius 3 is 2.57 bits per heavy atom. The lowest BCUT2D eigenvalue weighted by Crippen LogP contribution is -2.49. The molecule has 116 valence electrons. The van der Waals surface area contributed by atoms with E-state index in [1.165, 1.54) is 0 Å². The number of fused-ring (bicyclic) bond motifs is 1. The first kappa shape index (κ1) is 13.8. The number of pyridine rings is 1. The first-order valence-electron chi connectivity index (χ1n) is 7.84. The number of hydrogen-bond acceptors (Lipinski definition) is 3. The topological polar surface area (TPSA) is 52.2 Å². The molecule has 0 bridgehead atoms. The number of aromatic amines is 1. The fourth-order valence-electron chi connectivity index (χ4n) is 3.10. The average molecular weight is 306 g/mol. The van der Waals surface area contributed by atoms with Gasteiger partial charge in [0.1, 0.15) is 5.82 Å². The van der Waals surface area contributed by atoms with Gasteiger partial charge in [0.05, 0.1) is 5.56 Å². The molecule has 5 nitrogen and oxygen atoms in total. The molecule has 2 aromatic heterocycles. The van der Waals surface area contributed by atoms with E-state index in [2.05, 4.69) is 14.9 Å². The summed E-state index contributed by atoms with van der Waals surface area (Å²) in [6.07, 6.45) is 3.62. The van der Waals surface area contributed by atoms with Gasteiger partial charge in [0, 0.05) is 49.5 Å². The molecule has 1 N–H and O–H groups in total. The maximum Gasteiger partial charge on any atom is 0.256 e. The summed E-state index contributed by atoms with van der Waals surface area (Å²) < 4.78 is 0. The Labute approximate surface area is 134 Å². The van der Waals surface area contributed by atoms with Crippen LogP contribution in [0, 0.1) is 0 Å². The fraction of sp³-hybridized carbons (Fsp3) is 0.222. The first-order valence-corrected chi connectivity index (χ1v) is 7.84. The predicted octanol–water partition coefficient (Wildman–Crippen LogP) is 2.53. The molecule has 1 amide bonds. The molecule has 1 aliphatic rings. The molecule has 1 aromatic carbocycles. The average Bonchev–Trinajstić information content (AvgIpc) is 3.06. The number of carbonyl (C=O) groups is 1. The van der Waals surface area contributed by atoms with E-state index in [1.807, 2.05) is 53.6 Å². The van der Waals surface area contributed by atoms with Crippen molar-refractivity contribution in [2.75, 3.05) is 31.1 Å². The highest BCUT2D eigenvalue weighted by molar-refractivity contribution is 6.06. The third-order valence-electron chi connectivity index (χ3n) is 4.36. The normalized spacial score (nSPS) is 15.1. The van der Waals surface area contributed by atoms with Crippen LogP contribution in [0.1, 0.15) is 10.4 Å². The van der Waals surface area contributed by atoms with E-state index in [9.17, 15) is 4.79 Å². The summed E-state index contributed by atoms with van der Waals surface area (Å²) in [5.41, 5.74) is 1.76. The minimum absolute atomic E-state index is 0.100. The minimum atomic E-state index is 0.100. The smallest absolute Gasteiger partial charge is 0.256 e. The molecular weight excluding hydrogens is 288 g/mol. The van der Waals surface area contributed by atoms with Gasteiger partial charge < -0.3 is 14.8 Å². The number of piperazine rings is 1. The van der Waals surface area contributed by atoms with Crippen molar-refractivity contribution in [1.82, 2.24) is 14.9 Å².